The van der Waals surface area contributed by atoms with E-state index in [1.54, 1.807) is 12.1 Å². The zero-order valence-electron chi connectivity index (χ0n) is 15.2. The monoisotopic (exact) mass is 340 g/mol. The first kappa shape index (κ1) is 18.8. The van der Waals surface area contributed by atoms with E-state index in [4.69, 9.17) is 20.6 Å². The first-order chi connectivity index (χ1) is 12.1. The molecule has 0 aromatic heterocycles. The molecule has 4 nitrogen and oxygen atoms in total. The maximum Gasteiger partial charge on any atom is 0.122 e. The van der Waals surface area contributed by atoms with Crippen molar-refractivity contribution in [3.05, 3.63) is 59.2 Å². The number of hydrogen-bond acceptors (Lipinski definition) is 3. The third kappa shape index (κ3) is 5.82. The second kappa shape index (κ2) is 9.72. The molecule has 0 bridgehead atoms. The maximum atomic E-state index is 7.37. The summed E-state index contributed by atoms with van der Waals surface area (Å²) in [5.41, 5.74) is 8.77. The topological polar surface area (TPSA) is 68.3 Å². The minimum absolute atomic E-state index is 0.0716. The first-order valence-corrected chi connectivity index (χ1v) is 8.90. The van der Waals surface area contributed by atoms with Gasteiger partial charge in [-0.25, -0.2) is 0 Å². The van der Waals surface area contributed by atoms with Crippen LogP contribution in [0.5, 0.6) is 11.5 Å². The van der Waals surface area contributed by atoms with Crippen molar-refractivity contribution >= 4 is 5.84 Å². The highest BCUT2D eigenvalue weighted by Crippen LogP contribution is 2.23. The fraction of sp³-hybridized carbons (Fsp3) is 0.381. The number of benzene rings is 2. The van der Waals surface area contributed by atoms with E-state index >= 15 is 0 Å². The van der Waals surface area contributed by atoms with Crippen molar-refractivity contribution < 1.29 is 9.47 Å². The molecule has 25 heavy (non-hydrogen) atoms. The summed E-state index contributed by atoms with van der Waals surface area (Å²) in [4.78, 5) is 0. The Kier molecular flexibility index (Phi) is 7.33. The van der Waals surface area contributed by atoms with Gasteiger partial charge in [0.05, 0.1) is 13.2 Å². The zero-order valence-corrected chi connectivity index (χ0v) is 15.2. The number of hydrogen-bond donors (Lipinski definition) is 2. The normalized spacial score (nSPS) is 10.5. The molecule has 0 atom stereocenters. The highest BCUT2D eigenvalue weighted by atomic mass is 16.5. The molecule has 134 valence electrons. The van der Waals surface area contributed by atoms with Crippen molar-refractivity contribution in [3.8, 4) is 11.5 Å². The molecule has 0 spiro atoms. The molecule has 2 aromatic carbocycles. The number of nitrogens with two attached hydrogens (primary N) is 1. The van der Waals surface area contributed by atoms with E-state index in [9.17, 15) is 0 Å². The maximum absolute atomic E-state index is 7.37. The summed E-state index contributed by atoms with van der Waals surface area (Å²) in [6, 6.07) is 13.5. The van der Waals surface area contributed by atoms with Crippen LogP contribution in [0.25, 0.3) is 0 Å². The van der Waals surface area contributed by atoms with Crippen LogP contribution in [-0.2, 0) is 6.42 Å². The van der Waals surface area contributed by atoms with Gasteiger partial charge >= 0.3 is 0 Å². The van der Waals surface area contributed by atoms with E-state index in [0.29, 0.717) is 18.8 Å². The Morgan fingerprint density at radius 1 is 1.00 bits per heavy atom. The number of rotatable bonds is 10. The molecule has 0 saturated carbocycles. The summed E-state index contributed by atoms with van der Waals surface area (Å²) in [5, 5.41) is 7.37. The van der Waals surface area contributed by atoms with E-state index in [2.05, 4.69) is 32.0 Å². The van der Waals surface area contributed by atoms with Gasteiger partial charge in [-0.2, -0.15) is 0 Å². The lowest BCUT2D eigenvalue weighted by atomic mass is 10.0. The minimum atomic E-state index is 0.0716. The Bertz CT molecular complexity index is 681. The highest BCUT2D eigenvalue weighted by Gasteiger charge is 2.05. The van der Waals surface area contributed by atoms with Gasteiger partial charge < -0.3 is 15.2 Å². The number of aryl methyl sites for hydroxylation is 1. The molecule has 0 saturated heterocycles. The average Bonchev–Trinajstić information content (AvgIpc) is 2.61. The number of nitrogen functional groups attached to an aromatic ring is 1. The quantitative estimate of drug-likeness (QED) is 0.381. The van der Waals surface area contributed by atoms with Crippen LogP contribution in [0, 0.1) is 12.3 Å². The van der Waals surface area contributed by atoms with Gasteiger partial charge in [0.25, 0.3) is 0 Å². The Hall–Kier alpha value is -2.49. The summed E-state index contributed by atoms with van der Waals surface area (Å²) in [7, 11) is 0. The lowest BCUT2D eigenvalue weighted by molar-refractivity contribution is 0.265. The molecule has 0 unspecified atom stereocenters. The van der Waals surface area contributed by atoms with Crippen molar-refractivity contribution in [3.63, 3.8) is 0 Å². The lowest BCUT2D eigenvalue weighted by Gasteiger charge is -2.13. The molecule has 4 heteroatoms. The SMILES string of the molecule is CCCc1c(C)cccc1OCCCCOc1ccc(C(=N)N)cc1. The van der Waals surface area contributed by atoms with Crippen molar-refractivity contribution in [2.24, 2.45) is 5.73 Å². The van der Waals surface area contributed by atoms with Crippen LogP contribution in [0.15, 0.2) is 42.5 Å². The molecule has 0 aliphatic carbocycles. The van der Waals surface area contributed by atoms with Crippen LogP contribution in [0.2, 0.25) is 0 Å². The smallest absolute Gasteiger partial charge is 0.122 e. The van der Waals surface area contributed by atoms with Gasteiger partial charge in [0, 0.05) is 5.56 Å². The van der Waals surface area contributed by atoms with Crippen molar-refractivity contribution in [2.75, 3.05) is 13.2 Å². The molecular formula is C21H28N2O2. The second-order valence-electron chi connectivity index (χ2n) is 6.14. The predicted molar refractivity (Wildman–Crippen MR) is 103 cm³/mol. The van der Waals surface area contributed by atoms with Crippen molar-refractivity contribution in [1.82, 2.24) is 0 Å². The van der Waals surface area contributed by atoms with Crippen LogP contribution in [0.3, 0.4) is 0 Å². The van der Waals surface area contributed by atoms with Crippen LogP contribution < -0.4 is 15.2 Å². The Labute approximate surface area is 150 Å². The van der Waals surface area contributed by atoms with Crippen LogP contribution in [-0.4, -0.2) is 19.0 Å². The summed E-state index contributed by atoms with van der Waals surface area (Å²) in [5.74, 6) is 1.89. The highest BCUT2D eigenvalue weighted by molar-refractivity contribution is 5.94. The fourth-order valence-corrected chi connectivity index (χ4v) is 2.69. The molecule has 0 heterocycles. The van der Waals surface area contributed by atoms with E-state index in [1.807, 2.05) is 12.1 Å². The second-order valence-corrected chi connectivity index (χ2v) is 6.14. The van der Waals surface area contributed by atoms with Gasteiger partial charge in [0.2, 0.25) is 0 Å². The van der Waals surface area contributed by atoms with Crippen molar-refractivity contribution in [1.29, 1.82) is 5.41 Å². The van der Waals surface area contributed by atoms with E-state index in [1.165, 1.54) is 11.1 Å². The van der Waals surface area contributed by atoms with Gasteiger partial charge in [-0.1, -0.05) is 25.5 Å². The Balaban J connectivity index is 1.70. The Morgan fingerprint density at radius 3 is 2.32 bits per heavy atom. The van der Waals surface area contributed by atoms with Crippen molar-refractivity contribution in [2.45, 2.75) is 39.5 Å². The molecule has 0 aliphatic rings. The molecule has 2 rings (SSSR count). The van der Waals surface area contributed by atoms with Crippen LogP contribution in [0.1, 0.15) is 42.9 Å². The third-order valence-corrected chi connectivity index (χ3v) is 4.10. The Morgan fingerprint density at radius 2 is 1.68 bits per heavy atom. The molecule has 0 fully saturated rings. The molecule has 0 amide bonds. The summed E-state index contributed by atoms with van der Waals surface area (Å²) in [6.45, 7) is 5.69. The first-order valence-electron chi connectivity index (χ1n) is 8.90. The molecule has 0 radical (unpaired) electrons. The number of ether oxygens (including phenoxy) is 2. The predicted octanol–water partition coefficient (Wildman–Crippen LogP) is 4.47. The number of amidine groups is 1. The molecular weight excluding hydrogens is 312 g/mol. The largest absolute Gasteiger partial charge is 0.494 e. The zero-order chi connectivity index (χ0) is 18.1. The van der Waals surface area contributed by atoms with Gasteiger partial charge in [-0.05, 0) is 67.6 Å². The molecule has 0 aliphatic heterocycles. The average molecular weight is 340 g/mol. The minimum Gasteiger partial charge on any atom is -0.494 e. The fourth-order valence-electron chi connectivity index (χ4n) is 2.69. The van der Waals surface area contributed by atoms with E-state index in [0.717, 1.165) is 37.2 Å². The number of unbranched alkanes of at least 4 members (excludes halogenated alkanes) is 1. The lowest BCUT2D eigenvalue weighted by Crippen LogP contribution is -2.10. The summed E-state index contributed by atoms with van der Waals surface area (Å²) < 4.78 is 11.7. The van der Waals surface area contributed by atoms with Gasteiger partial charge in [-0.3, -0.25) is 5.41 Å². The van der Waals surface area contributed by atoms with Gasteiger partial charge in [0.1, 0.15) is 17.3 Å². The van der Waals surface area contributed by atoms with Gasteiger partial charge in [-0.15, -0.1) is 0 Å². The van der Waals surface area contributed by atoms with Gasteiger partial charge in [0.15, 0.2) is 0 Å². The van der Waals surface area contributed by atoms with E-state index in [-0.39, 0.29) is 5.84 Å². The van der Waals surface area contributed by atoms with Crippen LogP contribution in [0.4, 0.5) is 0 Å². The molecule has 3 N–H and O–H groups in total. The standard InChI is InChI=1S/C21H28N2O2/c1-3-7-19-16(2)8-6-9-20(19)25-15-5-4-14-24-18-12-10-17(11-13-18)21(22)23/h6,8-13H,3-5,7,14-15H2,1-2H3,(H3,22,23). The van der Waals surface area contributed by atoms with Crippen LogP contribution >= 0.6 is 0 Å². The number of nitrogens with one attached hydrogen (secondary N) is 1. The summed E-state index contributed by atoms with van der Waals surface area (Å²) in [6.07, 6.45) is 4.06. The molecule has 2 aromatic rings. The summed E-state index contributed by atoms with van der Waals surface area (Å²) >= 11 is 0. The third-order valence-electron chi connectivity index (χ3n) is 4.10. The van der Waals surface area contributed by atoms with E-state index < -0.39 is 0 Å².